The van der Waals surface area contributed by atoms with Crippen molar-refractivity contribution in [3.63, 3.8) is 0 Å². The minimum Gasteiger partial charge on any atom is -0.378 e. The predicted molar refractivity (Wildman–Crippen MR) is 64.7 cm³/mol. The first-order valence-electron chi connectivity index (χ1n) is 4.93. The third kappa shape index (κ3) is 1.90. The Morgan fingerprint density at radius 3 is 2.88 bits per heavy atom. The van der Waals surface area contributed by atoms with Crippen molar-refractivity contribution in [2.75, 3.05) is 17.6 Å². The molecule has 1 unspecified atom stereocenters. The van der Waals surface area contributed by atoms with Crippen LogP contribution in [0.15, 0.2) is 17.0 Å². The average molecular weight is 261 g/mol. The molecule has 0 saturated carbocycles. The number of anilines is 1. The molecule has 0 fully saturated rings. The van der Waals surface area contributed by atoms with Crippen molar-refractivity contribution in [2.24, 2.45) is 5.73 Å². The van der Waals surface area contributed by atoms with Gasteiger partial charge in [0.1, 0.15) is 0 Å². The SMILES string of the molecule is Cc1cc(Cl)c2c(c1)S(=O)(=O)CC(CN)N2. The van der Waals surface area contributed by atoms with Crippen LogP contribution in [-0.4, -0.2) is 26.8 Å². The summed E-state index contributed by atoms with van der Waals surface area (Å²) in [4.78, 5) is 0.280. The van der Waals surface area contributed by atoms with Crippen LogP contribution in [0, 0.1) is 6.92 Å². The van der Waals surface area contributed by atoms with Crippen LogP contribution < -0.4 is 11.1 Å². The van der Waals surface area contributed by atoms with Gasteiger partial charge in [-0.1, -0.05) is 11.6 Å². The number of benzene rings is 1. The number of sulfone groups is 1. The van der Waals surface area contributed by atoms with Gasteiger partial charge in [0.15, 0.2) is 9.84 Å². The molecule has 1 atom stereocenters. The molecule has 1 aliphatic heterocycles. The van der Waals surface area contributed by atoms with E-state index in [1.54, 1.807) is 12.1 Å². The Morgan fingerprint density at radius 2 is 2.25 bits per heavy atom. The zero-order chi connectivity index (χ0) is 11.9. The van der Waals surface area contributed by atoms with Gasteiger partial charge in [-0.25, -0.2) is 8.42 Å². The molecule has 1 heterocycles. The molecule has 16 heavy (non-hydrogen) atoms. The molecule has 4 nitrogen and oxygen atoms in total. The fourth-order valence-corrected chi connectivity index (χ4v) is 3.98. The Balaban J connectivity index is 2.64. The number of hydrogen-bond donors (Lipinski definition) is 2. The normalized spacial score (nSPS) is 22.3. The van der Waals surface area contributed by atoms with Crippen LogP contribution in [0.25, 0.3) is 0 Å². The van der Waals surface area contributed by atoms with Crippen molar-refractivity contribution in [3.8, 4) is 0 Å². The Bertz CT molecular complexity index is 528. The lowest BCUT2D eigenvalue weighted by molar-refractivity contribution is 0.585. The van der Waals surface area contributed by atoms with Crippen LogP contribution >= 0.6 is 11.6 Å². The molecule has 1 aromatic rings. The van der Waals surface area contributed by atoms with E-state index in [-0.39, 0.29) is 23.2 Å². The second-order valence-electron chi connectivity index (χ2n) is 3.98. The van der Waals surface area contributed by atoms with Crippen LogP contribution in [0.5, 0.6) is 0 Å². The van der Waals surface area contributed by atoms with Crippen LogP contribution in [0.2, 0.25) is 5.02 Å². The first-order valence-corrected chi connectivity index (χ1v) is 6.96. The lowest BCUT2D eigenvalue weighted by Crippen LogP contribution is -2.39. The summed E-state index contributed by atoms with van der Waals surface area (Å²) in [5.74, 6) is 0.0241. The molecule has 1 aromatic carbocycles. The van der Waals surface area contributed by atoms with E-state index in [2.05, 4.69) is 5.32 Å². The van der Waals surface area contributed by atoms with E-state index in [0.717, 1.165) is 5.56 Å². The molecule has 6 heteroatoms. The molecule has 0 bridgehead atoms. The molecule has 88 valence electrons. The molecule has 0 spiro atoms. The van der Waals surface area contributed by atoms with Gasteiger partial charge in [-0.05, 0) is 24.6 Å². The highest BCUT2D eigenvalue weighted by Gasteiger charge is 2.30. The molecule has 3 N–H and O–H groups in total. The van der Waals surface area contributed by atoms with E-state index in [1.807, 2.05) is 6.92 Å². The summed E-state index contributed by atoms with van der Waals surface area (Å²) in [5, 5.41) is 3.49. The van der Waals surface area contributed by atoms with Crippen molar-refractivity contribution in [2.45, 2.75) is 17.9 Å². The molecule has 0 saturated heterocycles. The van der Waals surface area contributed by atoms with Crippen LogP contribution in [0.1, 0.15) is 5.56 Å². The minimum absolute atomic E-state index is 0.0241. The molecular weight excluding hydrogens is 248 g/mol. The molecular formula is C10H13ClN2O2S. The highest BCUT2D eigenvalue weighted by Crippen LogP contribution is 2.35. The van der Waals surface area contributed by atoms with Crippen molar-refractivity contribution in [3.05, 3.63) is 22.7 Å². The van der Waals surface area contributed by atoms with Crippen molar-refractivity contribution in [1.82, 2.24) is 0 Å². The number of hydrogen-bond acceptors (Lipinski definition) is 4. The highest BCUT2D eigenvalue weighted by molar-refractivity contribution is 7.91. The fraction of sp³-hybridized carbons (Fsp3) is 0.400. The summed E-state index contributed by atoms with van der Waals surface area (Å²) in [6.07, 6.45) is 0. The number of nitrogens with two attached hydrogens (primary N) is 1. The first kappa shape index (κ1) is 11.7. The largest absolute Gasteiger partial charge is 0.378 e. The quantitative estimate of drug-likeness (QED) is 0.795. The smallest absolute Gasteiger partial charge is 0.182 e. The fourth-order valence-electron chi connectivity index (χ4n) is 1.82. The highest BCUT2D eigenvalue weighted by atomic mass is 35.5. The molecule has 1 aliphatic rings. The van der Waals surface area contributed by atoms with Crippen molar-refractivity contribution in [1.29, 1.82) is 0 Å². The summed E-state index contributed by atoms with van der Waals surface area (Å²) in [6, 6.07) is 3.11. The maximum atomic E-state index is 12.0. The number of fused-ring (bicyclic) bond motifs is 1. The first-order chi connectivity index (χ1) is 7.44. The van der Waals surface area contributed by atoms with E-state index in [4.69, 9.17) is 17.3 Å². The predicted octanol–water partition coefficient (Wildman–Crippen LogP) is 1.17. The third-order valence-corrected chi connectivity index (χ3v) is 4.72. The lowest BCUT2D eigenvalue weighted by atomic mass is 10.2. The van der Waals surface area contributed by atoms with Crippen molar-refractivity contribution < 1.29 is 8.42 Å². The van der Waals surface area contributed by atoms with Crippen LogP contribution in [-0.2, 0) is 9.84 Å². The van der Waals surface area contributed by atoms with E-state index >= 15 is 0 Å². The van der Waals surface area contributed by atoms with Gasteiger partial charge in [0.2, 0.25) is 0 Å². The average Bonchev–Trinajstić information content (AvgIpc) is 2.18. The minimum atomic E-state index is -3.28. The Labute approximate surface area is 99.7 Å². The Morgan fingerprint density at radius 1 is 1.56 bits per heavy atom. The standard InChI is InChI=1S/C10H13ClN2O2S/c1-6-2-8(11)10-9(3-6)16(14,15)5-7(4-12)13-10/h2-3,7,13H,4-5,12H2,1H3. The molecule has 0 radical (unpaired) electrons. The monoisotopic (exact) mass is 260 g/mol. The molecule has 0 amide bonds. The van der Waals surface area contributed by atoms with Gasteiger partial charge in [-0.15, -0.1) is 0 Å². The molecule has 0 aromatic heterocycles. The maximum absolute atomic E-state index is 12.0. The van der Waals surface area contributed by atoms with Gasteiger partial charge >= 0.3 is 0 Å². The van der Waals surface area contributed by atoms with Crippen LogP contribution in [0.4, 0.5) is 5.69 Å². The summed E-state index contributed by atoms with van der Waals surface area (Å²) in [6.45, 7) is 2.08. The molecule has 0 aliphatic carbocycles. The van der Waals surface area contributed by atoms with E-state index in [0.29, 0.717) is 10.7 Å². The van der Waals surface area contributed by atoms with Crippen LogP contribution in [0.3, 0.4) is 0 Å². The molecule has 2 rings (SSSR count). The summed E-state index contributed by atoms with van der Waals surface area (Å²) >= 11 is 6.03. The summed E-state index contributed by atoms with van der Waals surface area (Å²) < 4.78 is 24.0. The summed E-state index contributed by atoms with van der Waals surface area (Å²) in [7, 11) is -3.28. The number of halogens is 1. The number of rotatable bonds is 1. The van der Waals surface area contributed by atoms with E-state index < -0.39 is 9.84 Å². The van der Waals surface area contributed by atoms with Gasteiger partial charge in [-0.2, -0.15) is 0 Å². The van der Waals surface area contributed by atoms with Gasteiger partial charge in [0, 0.05) is 6.54 Å². The number of nitrogens with one attached hydrogen (secondary N) is 1. The second kappa shape index (κ2) is 3.91. The van der Waals surface area contributed by atoms with Gasteiger partial charge in [0.05, 0.1) is 27.4 Å². The van der Waals surface area contributed by atoms with Gasteiger partial charge < -0.3 is 11.1 Å². The third-order valence-electron chi connectivity index (χ3n) is 2.59. The van der Waals surface area contributed by atoms with Crippen molar-refractivity contribution >= 4 is 27.1 Å². The summed E-state index contributed by atoms with van der Waals surface area (Å²) in [5.41, 5.74) is 6.81. The Kier molecular flexibility index (Phi) is 2.86. The Hall–Kier alpha value is -0.780. The lowest BCUT2D eigenvalue weighted by Gasteiger charge is -2.27. The zero-order valence-corrected chi connectivity index (χ0v) is 10.4. The van der Waals surface area contributed by atoms with Gasteiger partial charge in [-0.3, -0.25) is 0 Å². The number of aryl methyl sites for hydroxylation is 1. The van der Waals surface area contributed by atoms with E-state index in [9.17, 15) is 8.42 Å². The van der Waals surface area contributed by atoms with Gasteiger partial charge in [0.25, 0.3) is 0 Å². The zero-order valence-electron chi connectivity index (χ0n) is 8.83. The maximum Gasteiger partial charge on any atom is 0.182 e. The topological polar surface area (TPSA) is 72.2 Å². The van der Waals surface area contributed by atoms with E-state index in [1.165, 1.54) is 0 Å². The second-order valence-corrected chi connectivity index (χ2v) is 6.39.